The van der Waals surface area contributed by atoms with Crippen molar-refractivity contribution in [2.24, 2.45) is 0 Å². The summed E-state index contributed by atoms with van der Waals surface area (Å²) in [5, 5.41) is 2.48. The van der Waals surface area contributed by atoms with Crippen LogP contribution in [0.2, 0.25) is 0 Å². The van der Waals surface area contributed by atoms with Crippen LogP contribution in [0.25, 0.3) is 0 Å². The first-order valence-electron chi connectivity index (χ1n) is 4.59. The number of carbonyl (C=O) groups excluding carboxylic acids is 1. The van der Waals surface area contributed by atoms with Crippen LogP contribution in [0.1, 0.15) is 18.5 Å². The molecule has 0 spiro atoms. The van der Waals surface area contributed by atoms with Gasteiger partial charge in [-0.25, -0.2) is 19.1 Å². The van der Waals surface area contributed by atoms with Gasteiger partial charge in [-0.3, -0.25) is 4.84 Å². The number of hydrogen-bond donors (Lipinski definition) is 2. The van der Waals surface area contributed by atoms with Crippen molar-refractivity contribution in [1.29, 1.82) is 0 Å². The van der Waals surface area contributed by atoms with Crippen molar-refractivity contribution < 1.29 is 18.4 Å². The number of urea groups is 1. The van der Waals surface area contributed by atoms with Crippen LogP contribution in [-0.4, -0.2) is 13.1 Å². The Morgan fingerprint density at radius 3 is 2.62 bits per heavy atom. The van der Waals surface area contributed by atoms with Crippen LogP contribution in [0.5, 0.6) is 0 Å². The van der Waals surface area contributed by atoms with Crippen molar-refractivity contribution in [1.82, 2.24) is 10.8 Å². The van der Waals surface area contributed by atoms with E-state index >= 15 is 0 Å². The van der Waals surface area contributed by atoms with Gasteiger partial charge in [0.15, 0.2) is 11.6 Å². The predicted octanol–water partition coefficient (Wildman–Crippen LogP) is 1.89. The summed E-state index contributed by atoms with van der Waals surface area (Å²) in [6.45, 7) is 1.64. The molecule has 0 aliphatic heterocycles. The average molecular weight is 230 g/mol. The van der Waals surface area contributed by atoms with E-state index in [9.17, 15) is 13.6 Å². The number of carbonyl (C=O) groups is 1. The van der Waals surface area contributed by atoms with Gasteiger partial charge in [0.1, 0.15) is 0 Å². The van der Waals surface area contributed by atoms with E-state index in [-0.39, 0.29) is 0 Å². The first-order chi connectivity index (χ1) is 7.54. The quantitative estimate of drug-likeness (QED) is 0.779. The van der Waals surface area contributed by atoms with E-state index in [1.807, 2.05) is 0 Å². The van der Waals surface area contributed by atoms with Crippen molar-refractivity contribution in [3.63, 3.8) is 0 Å². The van der Waals surface area contributed by atoms with E-state index in [1.165, 1.54) is 13.2 Å². The molecule has 0 aliphatic rings. The third-order valence-corrected chi connectivity index (χ3v) is 1.99. The van der Waals surface area contributed by atoms with Gasteiger partial charge < -0.3 is 5.32 Å². The molecular weight excluding hydrogens is 218 g/mol. The Balaban J connectivity index is 2.69. The SMILES string of the molecule is CONC(=O)NC(C)c1ccc(F)c(F)c1. The molecule has 0 radical (unpaired) electrons. The maximum Gasteiger partial charge on any atom is 0.339 e. The molecule has 0 aromatic heterocycles. The molecule has 1 unspecified atom stereocenters. The summed E-state index contributed by atoms with van der Waals surface area (Å²) in [4.78, 5) is 15.5. The van der Waals surface area contributed by atoms with Crippen molar-refractivity contribution in [3.8, 4) is 0 Å². The first-order valence-corrected chi connectivity index (χ1v) is 4.59. The lowest BCUT2D eigenvalue weighted by Crippen LogP contribution is -2.36. The van der Waals surface area contributed by atoms with Crippen LogP contribution in [0.3, 0.4) is 0 Å². The van der Waals surface area contributed by atoms with Gasteiger partial charge in [0.25, 0.3) is 0 Å². The van der Waals surface area contributed by atoms with E-state index in [2.05, 4.69) is 15.6 Å². The molecule has 1 aromatic carbocycles. The maximum atomic E-state index is 12.9. The minimum absolute atomic E-state index is 0.453. The van der Waals surface area contributed by atoms with Gasteiger partial charge in [-0.2, -0.15) is 0 Å². The number of hydroxylamine groups is 1. The number of hydrogen-bond acceptors (Lipinski definition) is 2. The Hall–Kier alpha value is -1.69. The zero-order chi connectivity index (χ0) is 12.1. The molecule has 0 aliphatic carbocycles. The Kier molecular flexibility index (Phi) is 4.19. The highest BCUT2D eigenvalue weighted by Crippen LogP contribution is 2.15. The largest absolute Gasteiger partial charge is 0.339 e. The van der Waals surface area contributed by atoms with Crippen molar-refractivity contribution in [2.75, 3.05) is 7.11 Å². The summed E-state index contributed by atoms with van der Waals surface area (Å²) >= 11 is 0. The van der Waals surface area contributed by atoms with Gasteiger partial charge in [0, 0.05) is 0 Å². The third-order valence-electron chi connectivity index (χ3n) is 1.99. The second-order valence-corrected chi connectivity index (χ2v) is 3.17. The molecule has 2 amide bonds. The van der Waals surface area contributed by atoms with Crippen LogP contribution >= 0.6 is 0 Å². The van der Waals surface area contributed by atoms with Crippen LogP contribution in [0.15, 0.2) is 18.2 Å². The predicted molar refractivity (Wildman–Crippen MR) is 53.4 cm³/mol. The lowest BCUT2D eigenvalue weighted by atomic mass is 10.1. The molecule has 0 fully saturated rings. The second kappa shape index (κ2) is 5.41. The molecule has 2 N–H and O–H groups in total. The molecule has 0 saturated carbocycles. The Morgan fingerprint density at radius 2 is 2.06 bits per heavy atom. The summed E-state index contributed by atoms with van der Waals surface area (Å²) in [7, 11) is 1.29. The summed E-state index contributed by atoms with van der Waals surface area (Å²) in [5.74, 6) is -1.87. The third kappa shape index (κ3) is 3.16. The van der Waals surface area contributed by atoms with Crippen molar-refractivity contribution >= 4 is 6.03 Å². The topological polar surface area (TPSA) is 50.4 Å². The number of amides is 2. The second-order valence-electron chi connectivity index (χ2n) is 3.17. The lowest BCUT2D eigenvalue weighted by Gasteiger charge is -2.14. The van der Waals surface area contributed by atoms with Gasteiger partial charge in [-0.1, -0.05) is 6.07 Å². The van der Waals surface area contributed by atoms with Crippen LogP contribution < -0.4 is 10.8 Å². The Bertz CT molecular complexity index is 385. The first kappa shape index (κ1) is 12.4. The highest BCUT2D eigenvalue weighted by atomic mass is 19.2. The van der Waals surface area contributed by atoms with Crippen LogP contribution in [0.4, 0.5) is 13.6 Å². The van der Waals surface area contributed by atoms with Gasteiger partial charge in [0.05, 0.1) is 13.2 Å². The summed E-state index contributed by atoms with van der Waals surface area (Å²) in [5.41, 5.74) is 2.52. The monoisotopic (exact) mass is 230 g/mol. The fourth-order valence-electron chi connectivity index (χ4n) is 1.18. The molecule has 0 heterocycles. The van der Waals surface area contributed by atoms with Crippen LogP contribution in [0, 0.1) is 11.6 Å². The van der Waals surface area contributed by atoms with E-state index < -0.39 is 23.7 Å². The summed E-state index contributed by atoms with van der Waals surface area (Å²) in [6.07, 6.45) is 0. The van der Waals surface area contributed by atoms with Gasteiger partial charge >= 0.3 is 6.03 Å². The molecule has 0 saturated heterocycles. The fraction of sp³-hybridized carbons (Fsp3) is 0.300. The molecule has 4 nitrogen and oxygen atoms in total. The van der Waals surface area contributed by atoms with Gasteiger partial charge in [-0.15, -0.1) is 0 Å². The van der Waals surface area contributed by atoms with Gasteiger partial charge in [0.2, 0.25) is 0 Å². The molecule has 88 valence electrons. The number of benzene rings is 1. The Morgan fingerprint density at radius 1 is 1.38 bits per heavy atom. The zero-order valence-electron chi connectivity index (χ0n) is 8.88. The molecule has 0 bridgehead atoms. The number of nitrogens with one attached hydrogen (secondary N) is 2. The molecule has 16 heavy (non-hydrogen) atoms. The highest BCUT2D eigenvalue weighted by molar-refractivity contribution is 5.73. The summed E-state index contributed by atoms with van der Waals surface area (Å²) < 4.78 is 25.5. The summed E-state index contributed by atoms with van der Waals surface area (Å²) in [6, 6.07) is 2.44. The number of rotatable bonds is 3. The lowest BCUT2D eigenvalue weighted by molar-refractivity contribution is 0.106. The van der Waals surface area contributed by atoms with E-state index in [0.29, 0.717) is 5.56 Å². The molecular formula is C10H12F2N2O2. The van der Waals surface area contributed by atoms with Crippen molar-refractivity contribution in [3.05, 3.63) is 35.4 Å². The van der Waals surface area contributed by atoms with Gasteiger partial charge in [-0.05, 0) is 24.6 Å². The van der Waals surface area contributed by atoms with E-state index in [0.717, 1.165) is 12.1 Å². The van der Waals surface area contributed by atoms with E-state index in [4.69, 9.17) is 0 Å². The normalized spacial score (nSPS) is 12.0. The average Bonchev–Trinajstić information content (AvgIpc) is 2.22. The molecule has 6 heteroatoms. The fourth-order valence-corrected chi connectivity index (χ4v) is 1.18. The highest BCUT2D eigenvalue weighted by Gasteiger charge is 2.11. The van der Waals surface area contributed by atoms with Crippen molar-refractivity contribution in [2.45, 2.75) is 13.0 Å². The van der Waals surface area contributed by atoms with Crippen LogP contribution in [-0.2, 0) is 4.84 Å². The molecule has 1 aromatic rings. The minimum atomic E-state index is -0.946. The maximum absolute atomic E-state index is 12.9. The Labute approximate surface area is 91.6 Å². The standard InChI is InChI=1S/C10H12F2N2O2/c1-6(13-10(15)14-16-2)7-3-4-8(11)9(12)5-7/h3-6H,1-2H3,(H2,13,14,15). The minimum Gasteiger partial charge on any atom is -0.330 e. The van der Waals surface area contributed by atoms with E-state index in [1.54, 1.807) is 6.92 Å². The molecule has 1 atom stereocenters. The zero-order valence-corrected chi connectivity index (χ0v) is 8.88. The molecule has 1 rings (SSSR count). The smallest absolute Gasteiger partial charge is 0.330 e. The number of halogens is 2.